The highest BCUT2D eigenvalue weighted by Crippen LogP contribution is 2.41. The molecule has 0 fully saturated rings. The van der Waals surface area contributed by atoms with Gasteiger partial charge < -0.3 is 9.73 Å². The summed E-state index contributed by atoms with van der Waals surface area (Å²) in [6.07, 6.45) is -0.282. The van der Waals surface area contributed by atoms with Crippen LogP contribution in [0.15, 0.2) is 94.2 Å². The summed E-state index contributed by atoms with van der Waals surface area (Å²) in [5.41, 5.74) is 4.76. The summed E-state index contributed by atoms with van der Waals surface area (Å²) in [7, 11) is -3.55. The third-order valence-corrected chi connectivity index (χ3v) is 7.72. The summed E-state index contributed by atoms with van der Waals surface area (Å²) in [5, 5.41) is 3.60. The first-order valence-corrected chi connectivity index (χ1v) is 12.9. The van der Waals surface area contributed by atoms with Crippen molar-refractivity contribution in [3.8, 4) is 22.7 Å². The quantitative estimate of drug-likeness (QED) is 0.338. The van der Waals surface area contributed by atoms with E-state index in [0.29, 0.717) is 5.76 Å². The van der Waals surface area contributed by atoms with Crippen LogP contribution < -0.4 is 10.0 Å². The molecule has 1 aliphatic heterocycles. The van der Waals surface area contributed by atoms with E-state index in [4.69, 9.17) is 9.40 Å². The van der Waals surface area contributed by atoms with Crippen LogP contribution in [0.1, 0.15) is 25.8 Å². The molecule has 0 saturated carbocycles. The van der Waals surface area contributed by atoms with Crippen molar-refractivity contribution in [1.29, 1.82) is 0 Å². The largest absolute Gasteiger partial charge is 0.457 e. The van der Waals surface area contributed by atoms with Crippen LogP contribution in [0.25, 0.3) is 33.7 Å². The maximum Gasteiger partial charge on any atom is 0.240 e. The summed E-state index contributed by atoms with van der Waals surface area (Å²) in [6, 6.07) is 26.6. The number of rotatable bonds is 5. The zero-order chi connectivity index (χ0) is 24.2. The molecular formula is C27H24N4O3S. The summed E-state index contributed by atoms with van der Waals surface area (Å²) in [6.45, 7) is 3.59. The Morgan fingerprint density at radius 2 is 1.69 bits per heavy atom. The first-order chi connectivity index (χ1) is 16.9. The lowest BCUT2D eigenvalue weighted by Crippen LogP contribution is -2.30. The molecule has 35 heavy (non-hydrogen) atoms. The Morgan fingerprint density at radius 1 is 0.943 bits per heavy atom. The van der Waals surface area contributed by atoms with Crippen LogP contribution in [0, 0.1) is 0 Å². The Bertz CT molecular complexity index is 1650. The fraction of sp³-hybridized carbons (Fsp3) is 0.148. The van der Waals surface area contributed by atoms with E-state index >= 15 is 0 Å². The Kier molecular flexibility index (Phi) is 5.01. The molecule has 0 aliphatic carbocycles. The summed E-state index contributed by atoms with van der Waals surface area (Å²) >= 11 is 0. The smallest absolute Gasteiger partial charge is 0.240 e. The minimum Gasteiger partial charge on any atom is -0.457 e. The minimum absolute atomic E-state index is 0.176. The topological polar surface area (TPSA) is 89.2 Å². The van der Waals surface area contributed by atoms with E-state index < -0.39 is 10.0 Å². The number of imidazole rings is 1. The summed E-state index contributed by atoms with van der Waals surface area (Å²) in [5.74, 6) is 2.28. The molecule has 7 nitrogen and oxygen atoms in total. The van der Waals surface area contributed by atoms with Gasteiger partial charge >= 0.3 is 0 Å². The molecule has 0 unspecified atom stereocenters. The van der Waals surface area contributed by atoms with Gasteiger partial charge in [0.2, 0.25) is 10.0 Å². The fourth-order valence-electron chi connectivity index (χ4n) is 4.54. The van der Waals surface area contributed by atoms with Gasteiger partial charge in [0.1, 0.15) is 17.3 Å². The lowest BCUT2D eigenvalue weighted by Gasteiger charge is -2.28. The van der Waals surface area contributed by atoms with Crippen LogP contribution in [0.3, 0.4) is 0 Å². The summed E-state index contributed by atoms with van der Waals surface area (Å²) in [4.78, 5) is 5.13. The van der Waals surface area contributed by atoms with Crippen LogP contribution in [0.5, 0.6) is 0 Å². The first kappa shape index (κ1) is 21.6. The lowest BCUT2D eigenvalue weighted by molar-refractivity contribution is 0.465. The molecule has 0 spiro atoms. The van der Waals surface area contributed by atoms with Crippen molar-refractivity contribution in [2.45, 2.75) is 31.0 Å². The van der Waals surface area contributed by atoms with Crippen molar-refractivity contribution < 1.29 is 12.8 Å². The molecule has 2 N–H and O–H groups in total. The average Bonchev–Trinajstić information content (AvgIpc) is 3.49. The van der Waals surface area contributed by atoms with Crippen molar-refractivity contribution in [1.82, 2.24) is 14.3 Å². The second-order valence-corrected chi connectivity index (χ2v) is 10.6. The number of fused-ring (bicyclic) bond motifs is 5. The van der Waals surface area contributed by atoms with Gasteiger partial charge in [0.05, 0.1) is 15.9 Å². The molecule has 0 radical (unpaired) electrons. The number of benzene rings is 3. The molecule has 2 aromatic heterocycles. The Hall–Kier alpha value is -3.88. The van der Waals surface area contributed by atoms with E-state index in [1.165, 1.54) is 0 Å². The predicted octanol–water partition coefficient (Wildman–Crippen LogP) is 5.62. The first-order valence-electron chi connectivity index (χ1n) is 11.5. The number of nitrogens with one attached hydrogen (secondary N) is 2. The molecule has 0 bridgehead atoms. The number of hydrogen-bond donors (Lipinski definition) is 2. The molecule has 5 aromatic rings. The highest BCUT2D eigenvalue weighted by atomic mass is 32.2. The third-order valence-electron chi connectivity index (χ3n) is 6.05. The zero-order valence-electron chi connectivity index (χ0n) is 19.3. The maximum atomic E-state index is 12.4. The SMILES string of the molecule is CC(C)NS(=O)(=O)c1ccc(-c2ccc([C@H]3Nc4ccccc4-c4nc5ccccc5n43)o2)cc1. The Morgan fingerprint density at radius 3 is 2.49 bits per heavy atom. The van der Waals surface area contributed by atoms with Gasteiger partial charge in [-0.25, -0.2) is 18.1 Å². The number of anilines is 1. The third kappa shape index (κ3) is 3.71. The minimum atomic E-state index is -3.55. The number of nitrogens with zero attached hydrogens (tertiary/aromatic N) is 2. The van der Waals surface area contributed by atoms with Crippen LogP contribution in [-0.4, -0.2) is 24.0 Å². The standard InChI is InChI=1S/C27H24N4O3S/c1-17(2)30-35(32,33)19-13-11-18(12-14-19)24-15-16-25(34-24)27-28-21-8-4-3-7-20(21)26-29-22-9-5-6-10-23(22)31(26)27/h3-17,27-28,30H,1-2H3/t27-/m0/s1. The second-order valence-electron chi connectivity index (χ2n) is 8.89. The van der Waals surface area contributed by atoms with Crippen molar-refractivity contribution in [2.24, 2.45) is 0 Å². The molecular weight excluding hydrogens is 460 g/mol. The molecule has 1 aliphatic rings. The normalized spacial score (nSPS) is 15.1. The molecule has 3 heterocycles. The highest BCUT2D eigenvalue weighted by molar-refractivity contribution is 7.89. The monoisotopic (exact) mass is 484 g/mol. The van der Waals surface area contributed by atoms with E-state index in [-0.39, 0.29) is 17.1 Å². The van der Waals surface area contributed by atoms with Crippen molar-refractivity contribution in [3.05, 3.63) is 90.7 Å². The van der Waals surface area contributed by atoms with Crippen LogP contribution in [0.2, 0.25) is 0 Å². The van der Waals surface area contributed by atoms with Gasteiger partial charge in [-0.15, -0.1) is 0 Å². The van der Waals surface area contributed by atoms with E-state index in [1.807, 2.05) is 48.5 Å². The Labute approximate surface area is 203 Å². The van der Waals surface area contributed by atoms with Crippen molar-refractivity contribution in [3.63, 3.8) is 0 Å². The van der Waals surface area contributed by atoms with Crippen LogP contribution in [-0.2, 0) is 10.0 Å². The lowest BCUT2D eigenvalue weighted by atomic mass is 10.1. The molecule has 1 atom stereocenters. The number of furan rings is 1. The average molecular weight is 485 g/mol. The van der Waals surface area contributed by atoms with Crippen molar-refractivity contribution >= 4 is 26.7 Å². The van der Waals surface area contributed by atoms with E-state index in [9.17, 15) is 8.42 Å². The van der Waals surface area contributed by atoms with E-state index in [1.54, 1.807) is 38.1 Å². The van der Waals surface area contributed by atoms with Gasteiger partial charge in [0.25, 0.3) is 0 Å². The van der Waals surface area contributed by atoms with E-state index in [0.717, 1.165) is 39.4 Å². The van der Waals surface area contributed by atoms with Gasteiger partial charge in [-0.1, -0.05) is 24.3 Å². The van der Waals surface area contributed by atoms with Crippen LogP contribution in [0.4, 0.5) is 5.69 Å². The predicted molar refractivity (Wildman–Crippen MR) is 137 cm³/mol. The molecule has 6 rings (SSSR count). The number of sulfonamides is 1. The molecule has 176 valence electrons. The molecule has 0 saturated heterocycles. The Balaban J connectivity index is 1.38. The number of hydrogen-bond acceptors (Lipinski definition) is 5. The van der Waals surface area contributed by atoms with E-state index in [2.05, 4.69) is 26.7 Å². The van der Waals surface area contributed by atoms with Gasteiger partial charge in [0, 0.05) is 22.9 Å². The molecule has 0 amide bonds. The van der Waals surface area contributed by atoms with Gasteiger partial charge in [-0.05, 0) is 74.5 Å². The van der Waals surface area contributed by atoms with Crippen molar-refractivity contribution in [2.75, 3.05) is 5.32 Å². The number of aromatic nitrogens is 2. The van der Waals surface area contributed by atoms with Gasteiger partial charge in [0.15, 0.2) is 6.17 Å². The summed E-state index contributed by atoms with van der Waals surface area (Å²) < 4.78 is 36.0. The molecule has 8 heteroatoms. The van der Waals surface area contributed by atoms with Crippen LogP contribution >= 0.6 is 0 Å². The number of para-hydroxylation sites is 3. The maximum absolute atomic E-state index is 12.4. The molecule has 3 aromatic carbocycles. The fourth-order valence-corrected chi connectivity index (χ4v) is 5.79. The second kappa shape index (κ2) is 8.11. The highest BCUT2D eigenvalue weighted by Gasteiger charge is 2.30. The van der Waals surface area contributed by atoms with Gasteiger partial charge in [-0.3, -0.25) is 4.57 Å². The zero-order valence-corrected chi connectivity index (χ0v) is 20.1. The van der Waals surface area contributed by atoms with Gasteiger partial charge in [-0.2, -0.15) is 0 Å².